The first-order valence-electron chi connectivity index (χ1n) is 23.7. The summed E-state index contributed by atoms with van der Waals surface area (Å²) in [6.07, 6.45) is 5.43. The number of fused-ring (bicyclic) bond motifs is 18. The summed E-state index contributed by atoms with van der Waals surface area (Å²) in [5.74, 6) is 1.01. The average Bonchev–Trinajstić information content (AvgIpc) is 4.14. The van der Waals surface area contributed by atoms with E-state index in [4.69, 9.17) is 8.83 Å². The standard InChI is InChI=1S/C65H41NO2/c1-2-15-45-41(14-1)30-35-54-53-22-13-21-52(64(53)68-63(45)54)50-19-6-11-26-60(50)66(43-32-28-40(29-33-43)42-31-37-62-55(38-42)51-20-7-12-27-61(51)67-62)44-34-36-49-48-18-5-10-25-58(48)65(59(49)39-44)56-23-8-3-16-46(56)47-17-4-9-24-57(47)65/h1-20,22-39,52H,21H2. The van der Waals surface area contributed by atoms with E-state index in [0.29, 0.717) is 0 Å². The third-order valence-corrected chi connectivity index (χ3v) is 15.2. The van der Waals surface area contributed by atoms with E-state index >= 15 is 0 Å². The normalized spacial score (nSPS) is 14.9. The number of anilines is 3. The van der Waals surface area contributed by atoms with Crippen molar-refractivity contribution in [3.05, 3.63) is 264 Å². The summed E-state index contributed by atoms with van der Waals surface area (Å²) in [6, 6.07) is 80.3. The maximum atomic E-state index is 7.08. The molecule has 3 aliphatic rings. The van der Waals surface area contributed by atoms with E-state index in [2.05, 4.69) is 223 Å². The summed E-state index contributed by atoms with van der Waals surface area (Å²) >= 11 is 0. The number of para-hydroxylation sites is 2. The Labute approximate surface area is 393 Å². The summed E-state index contributed by atoms with van der Waals surface area (Å²) in [5, 5.41) is 5.74. The van der Waals surface area contributed by atoms with Crippen LogP contribution in [-0.4, -0.2) is 0 Å². The molecule has 2 heterocycles. The Kier molecular flexibility index (Phi) is 7.83. The van der Waals surface area contributed by atoms with Gasteiger partial charge < -0.3 is 13.7 Å². The van der Waals surface area contributed by atoms with Crippen LogP contribution < -0.4 is 4.90 Å². The van der Waals surface area contributed by atoms with Crippen LogP contribution in [-0.2, 0) is 5.41 Å². The second kappa shape index (κ2) is 14.2. The van der Waals surface area contributed by atoms with Gasteiger partial charge >= 0.3 is 0 Å². The predicted octanol–water partition coefficient (Wildman–Crippen LogP) is 17.5. The van der Waals surface area contributed by atoms with E-state index in [9.17, 15) is 0 Å². The third kappa shape index (κ3) is 5.13. The minimum Gasteiger partial charge on any atom is -0.459 e. The van der Waals surface area contributed by atoms with Crippen LogP contribution in [0.3, 0.4) is 0 Å². The van der Waals surface area contributed by atoms with E-state index in [0.717, 1.165) is 78.7 Å². The van der Waals surface area contributed by atoms with Gasteiger partial charge in [-0.15, -0.1) is 0 Å². The highest BCUT2D eigenvalue weighted by molar-refractivity contribution is 6.08. The Bertz CT molecular complexity index is 4030. The van der Waals surface area contributed by atoms with E-state index in [1.54, 1.807) is 0 Å². The average molecular weight is 868 g/mol. The lowest BCUT2D eigenvalue weighted by molar-refractivity contribution is 0.519. The molecular weight excluding hydrogens is 827 g/mol. The van der Waals surface area contributed by atoms with Gasteiger partial charge in [-0.3, -0.25) is 0 Å². The van der Waals surface area contributed by atoms with Crippen LogP contribution in [0.25, 0.3) is 83.1 Å². The molecule has 0 radical (unpaired) electrons. The Morgan fingerprint density at radius 1 is 0.426 bits per heavy atom. The van der Waals surface area contributed by atoms with Crippen molar-refractivity contribution < 1.29 is 8.83 Å². The number of nitrogens with zero attached hydrogens (tertiary/aromatic N) is 1. The molecule has 318 valence electrons. The molecule has 15 rings (SSSR count). The SMILES string of the molecule is C1=Cc2c(oc3c2ccc2ccccc23)C(c2ccccc2N(c2ccc(-c3ccc4oc5ccccc5c4c3)cc2)c2ccc3c(c2)C2(c4ccccc4-c4ccccc42)c2ccccc2-3)C1. The van der Waals surface area contributed by atoms with Gasteiger partial charge in [-0.1, -0.05) is 176 Å². The molecule has 3 heteroatoms. The largest absolute Gasteiger partial charge is 0.459 e. The van der Waals surface area contributed by atoms with Gasteiger partial charge in [0.1, 0.15) is 22.5 Å². The van der Waals surface area contributed by atoms with E-state index in [1.165, 1.54) is 61.0 Å². The number of hydrogen-bond donors (Lipinski definition) is 0. The van der Waals surface area contributed by atoms with Crippen molar-refractivity contribution in [2.24, 2.45) is 0 Å². The molecule has 0 saturated carbocycles. The van der Waals surface area contributed by atoms with Gasteiger partial charge in [0.15, 0.2) is 0 Å². The minimum absolute atomic E-state index is 0.00532. The van der Waals surface area contributed by atoms with Crippen molar-refractivity contribution in [2.75, 3.05) is 4.90 Å². The highest BCUT2D eigenvalue weighted by atomic mass is 16.3. The quantitative estimate of drug-likeness (QED) is 0.173. The molecule has 0 aliphatic heterocycles. The molecule has 3 aliphatic carbocycles. The fraction of sp³-hybridized carbons (Fsp3) is 0.0462. The van der Waals surface area contributed by atoms with Crippen LogP contribution in [0.15, 0.2) is 233 Å². The lowest BCUT2D eigenvalue weighted by Gasteiger charge is -2.33. The fourth-order valence-corrected chi connectivity index (χ4v) is 12.3. The Hall–Kier alpha value is -8.66. The number of furan rings is 2. The molecule has 1 unspecified atom stereocenters. The zero-order chi connectivity index (χ0) is 44.5. The highest BCUT2D eigenvalue weighted by Gasteiger charge is 2.51. The van der Waals surface area contributed by atoms with E-state index in [-0.39, 0.29) is 5.92 Å². The van der Waals surface area contributed by atoms with Crippen molar-refractivity contribution >= 4 is 66.8 Å². The van der Waals surface area contributed by atoms with Crippen molar-refractivity contribution in [2.45, 2.75) is 17.8 Å². The van der Waals surface area contributed by atoms with E-state index < -0.39 is 5.41 Å². The van der Waals surface area contributed by atoms with Crippen LogP contribution in [0.1, 0.15) is 51.5 Å². The predicted molar refractivity (Wildman–Crippen MR) is 279 cm³/mol. The first-order chi connectivity index (χ1) is 33.7. The van der Waals surface area contributed by atoms with Gasteiger partial charge in [0.2, 0.25) is 0 Å². The lowest BCUT2D eigenvalue weighted by atomic mass is 9.70. The highest BCUT2D eigenvalue weighted by Crippen LogP contribution is 2.63. The molecule has 0 N–H and O–H groups in total. The summed E-state index contributed by atoms with van der Waals surface area (Å²) < 4.78 is 13.3. The molecule has 0 saturated heterocycles. The molecule has 1 atom stereocenters. The van der Waals surface area contributed by atoms with Crippen molar-refractivity contribution in [1.29, 1.82) is 0 Å². The van der Waals surface area contributed by atoms with Crippen LogP contribution in [0.4, 0.5) is 17.1 Å². The molecule has 2 aromatic heterocycles. The zero-order valence-corrected chi connectivity index (χ0v) is 37.0. The summed E-state index contributed by atoms with van der Waals surface area (Å²) in [7, 11) is 0. The van der Waals surface area contributed by atoms with Gasteiger partial charge in [0, 0.05) is 44.4 Å². The maximum Gasteiger partial charge on any atom is 0.142 e. The first kappa shape index (κ1) is 37.5. The Morgan fingerprint density at radius 2 is 1.04 bits per heavy atom. The molecule has 10 aromatic carbocycles. The number of rotatable bonds is 5. The van der Waals surface area contributed by atoms with E-state index in [1.807, 2.05) is 12.1 Å². The lowest BCUT2D eigenvalue weighted by Crippen LogP contribution is -2.26. The summed E-state index contributed by atoms with van der Waals surface area (Å²) in [5.41, 5.74) is 20.8. The maximum absolute atomic E-state index is 7.08. The topological polar surface area (TPSA) is 29.5 Å². The monoisotopic (exact) mass is 867 g/mol. The Morgan fingerprint density at radius 3 is 1.82 bits per heavy atom. The zero-order valence-electron chi connectivity index (χ0n) is 37.0. The van der Waals surface area contributed by atoms with Crippen LogP contribution >= 0.6 is 0 Å². The van der Waals surface area contributed by atoms with Gasteiger partial charge in [0.25, 0.3) is 0 Å². The molecule has 0 fully saturated rings. The van der Waals surface area contributed by atoms with Crippen molar-refractivity contribution in [3.8, 4) is 33.4 Å². The van der Waals surface area contributed by atoms with Gasteiger partial charge in [-0.25, -0.2) is 0 Å². The molecule has 3 nitrogen and oxygen atoms in total. The van der Waals surface area contributed by atoms with Crippen molar-refractivity contribution in [3.63, 3.8) is 0 Å². The fourth-order valence-electron chi connectivity index (χ4n) is 12.3. The number of allylic oxidation sites excluding steroid dienone is 1. The molecular formula is C65H41NO2. The van der Waals surface area contributed by atoms with Gasteiger partial charge in [0.05, 0.1) is 11.1 Å². The minimum atomic E-state index is -0.472. The van der Waals surface area contributed by atoms with Gasteiger partial charge in [-0.05, 0) is 128 Å². The smallest absolute Gasteiger partial charge is 0.142 e. The molecule has 68 heavy (non-hydrogen) atoms. The summed E-state index contributed by atoms with van der Waals surface area (Å²) in [6.45, 7) is 0. The van der Waals surface area contributed by atoms with Crippen molar-refractivity contribution in [1.82, 2.24) is 0 Å². The second-order valence-corrected chi connectivity index (χ2v) is 18.6. The number of benzene rings is 10. The third-order valence-electron chi connectivity index (χ3n) is 15.2. The Balaban J connectivity index is 0.943. The second-order valence-electron chi connectivity index (χ2n) is 18.6. The molecule has 1 spiro atoms. The molecule has 0 amide bonds. The molecule has 12 aromatic rings. The van der Waals surface area contributed by atoms with Crippen LogP contribution in [0, 0.1) is 0 Å². The van der Waals surface area contributed by atoms with Crippen LogP contribution in [0.5, 0.6) is 0 Å². The first-order valence-corrected chi connectivity index (χ1v) is 23.7. The summed E-state index contributed by atoms with van der Waals surface area (Å²) in [4.78, 5) is 2.49. The molecule has 0 bridgehead atoms. The number of hydrogen-bond acceptors (Lipinski definition) is 3. The van der Waals surface area contributed by atoms with Gasteiger partial charge in [-0.2, -0.15) is 0 Å². The van der Waals surface area contributed by atoms with Crippen LogP contribution in [0.2, 0.25) is 0 Å².